The molecule has 0 spiro atoms. The Balaban J connectivity index is 1.04. The second-order valence-electron chi connectivity index (χ2n) is 18.2. The fraction of sp³-hybridized carbons (Fsp3) is 0.0769. The number of hydrogen-bond donors (Lipinski definition) is 0. The molecule has 0 fully saturated rings. The lowest BCUT2D eigenvalue weighted by molar-refractivity contribution is 0.670. The Morgan fingerprint density at radius 1 is 0.358 bits per heavy atom. The Kier molecular flexibility index (Phi) is 9.39. The number of aryl methyl sites for hydroxylation is 2. The molecule has 0 saturated carbocycles. The van der Waals surface area contributed by atoms with Crippen molar-refractivity contribution in [3.05, 3.63) is 270 Å². The zero-order valence-electron chi connectivity index (χ0n) is 37.2. The fourth-order valence-corrected chi connectivity index (χ4v) is 11.4. The third kappa shape index (κ3) is 6.39. The lowest BCUT2D eigenvalue weighted by Crippen LogP contribution is -2.28. The first-order valence-electron chi connectivity index (χ1n) is 23.7. The Labute approximate surface area is 392 Å². The first-order valence-corrected chi connectivity index (χ1v) is 23.7. The van der Waals surface area contributed by atoms with Gasteiger partial charge in [0.1, 0.15) is 11.2 Å². The van der Waals surface area contributed by atoms with Gasteiger partial charge in [-0.1, -0.05) is 194 Å². The summed E-state index contributed by atoms with van der Waals surface area (Å²) >= 11 is 0. The highest BCUT2D eigenvalue weighted by atomic mass is 16.3. The first-order chi connectivity index (χ1) is 33.2. The average molecular weight is 858 g/mol. The molecule has 2 aliphatic rings. The third-order valence-electron chi connectivity index (χ3n) is 14.5. The van der Waals surface area contributed by atoms with Crippen LogP contribution in [0.4, 0.5) is 17.1 Å². The van der Waals surface area contributed by atoms with Crippen LogP contribution >= 0.6 is 0 Å². The maximum atomic E-state index is 6.53. The van der Waals surface area contributed by atoms with Crippen LogP contribution in [0.2, 0.25) is 0 Å². The van der Waals surface area contributed by atoms with Crippen molar-refractivity contribution >= 4 is 39.0 Å². The fourth-order valence-electron chi connectivity index (χ4n) is 11.4. The molecule has 0 saturated heterocycles. The van der Waals surface area contributed by atoms with Gasteiger partial charge in [-0.3, -0.25) is 0 Å². The minimum absolute atomic E-state index is 0.560. The van der Waals surface area contributed by atoms with Gasteiger partial charge in [0.25, 0.3) is 0 Å². The van der Waals surface area contributed by atoms with Crippen molar-refractivity contribution in [2.24, 2.45) is 0 Å². The minimum atomic E-state index is -0.560. The number of fused-ring (bicyclic) bond motifs is 7. The summed E-state index contributed by atoms with van der Waals surface area (Å²) in [6.07, 6.45) is 4.91. The summed E-state index contributed by atoms with van der Waals surface area (Å²) in [5.41, 5.74) is 22.2. The third-order valence-corrected chi connectivity index (χ3v) is 14.5. The van der Waals surface area contributed by atoms with E-state index in [9.17, 15) is 0 Å². The molecule has 0 aliphatic heterocycles. The van der Waals surface area contributed by atoms with Gasteiger partial charge < -0.3 is 9.32 Å². The minimum Gasteiger partial charge on any atom is -0.455 e. The summed E-state index contributed by atoms with van der Waals surface area (Å²) < 4.78 is 6.53. The van der Waals surface area contributed by atoms with Crippen molar-refractivity contribution in [2.75, 3.05) is 4.90 Å². The monoisotopic (exact) mass is 857 g/mol. The molecule has 0 amide bonds. The van der Waals surface area contributed by atoms with Crippen LogP contribution in [0.15, 0.2) is 241 Å². The molecule has 1 heterocycles. The summed E-state index contributed by atoms with van der Waals surface area (Å²) in [7, 11) is 0. The average Bonchev–Trinajstić information content (AvgIpc) is 3.93. The number of furan rings is 1. The van der Waals surface area contributed by atoms with Crippen molar-refractivity contribution in [1.82, 2.24) is 0 Å². The Hall–Kier alpha value is -8.20. The van der Waals surface area contributed by atoms with Gasteiger partial charge in [0.2, 0.25) is 0 Å². The summed E-state index contributed by atoms with van der Waals surface area (Å²) in [4.78, 5) is 2.46. The molecule has 2 nitrogen and oxygen atoms in total. The normalized spacial score (nSPS) is 13.6. The molecule has 318 valence electrons. The highest BCUT2D eigenvalue weighted by Gasteiger charge is 2.47. The number of benzene rings is 10. The van der Waals surface area contributed by atoms with Crippen molar-refractivity contribution in [2.45, 2.75) is 31.1 Å². The van der Waals surface area contributed by atoms with Crippen LogP contribution in [-0.2, 0) is 18.3 Å². The molecule has 2 aliphatic carbocycles. The van der Waals surface area contributed by atoms with E-state index in [1.54, 1.807) is 0 Å². The number of nitrogens with zero attached hydrogens (tertiary/aromatic N) is 1. The molecule has 0 radical (unpaired) electrons. The summed E-state index contributed by atoms with van der Waals surface area (Å²) in [5, 5.41) is 2.26. The molecule has 0 N–H and O–H groups in total. The molecule has 0 unspecified atom stereocenters. The molecule has 11 aromatic rings. The number of hydrogen-bond acceptors (Lipinski definition) is 2. The summed E-state index contributed by atoms with van der Waals surface area (Å²) in [6, 6.07) is 87.4. The molecular formula is C65H47NO. The van der Waals surface area contributed by atoms with E-state index in [4.69, 9.17) is 4.42 Å². The van der Waals surface area contributed by atoms with E-state index in [0.717, 1.165) is 50.1 Å². The van der Waals surface area contributed by atoms with Crippen LogP contribution < -0.4 is 4.90 Å². The highest BCUT2D eigenvalue weighted by Crippen LogP contribution is 2.59. The van der Waals surface area contributed by atoms with E-state index < -0.39 is 5.41 Å². The van der Waals surface area contributed by atoms with E-state index in [1.165, 1.54) is 92.4 Å². The molecule has 10 aromatic carbocycles. The number of para-hydroxylation sites is 3. The van der Waals surface area contributed by atoms with Gasteiger partial charge in [0.15, 0.2) is 0 Å². The van der Waals surface area contributed by atoms with Gasteiger partial charge >= 0.3 is 0 Å². The Morgan fingerprint density at radius 3 is 1.69 bits per heavy atom. The Bertz CT molecular complexity index is 3570. The van der Waals surface area contributed by atoms with Gasteiger partial charge in [-0.05, 0) is 135 Å². The van der Waals surface area contributed by atoms with E-state index in [-0.39, 0.29) is 0 Å². The van der Waals surface area contributed by atoms with Crippen molar-refractivity contribution in [3.8, 4) is 44.5 Å². The van der Waals surface area contributed by atoms with Gasteiger partial charge in [0.05, 0.1) is 11.1 Å². The highest BCUT2D eigenvalue weighted by molar-refractivity contribution is 6.09. The van der Waals surface area contributed by atoms with Crippen LogP contribution in [0.5, 0.6) is 0 Å². The molecule has 1 aromatic heterocycles. The zero-order valence-corrected chi connectivity index (χ0v) is 37.2. The number of anilines is 3. The quantitative estimate of drug-likeness (QED) is 0.151. The molecular weight excluding hydrogens is 811 g/mol. The van der Waals surface area contributed by atoms with Crippen LogP contribution in [0.25, 0.3) is 66.4 Å². The van der Waals surface area contributed by atoms with Crippen molar-refractivity contribution in [3.63, 3.8) is 0 Å². The molecule has 13 rings (SSSR count). The zero-order chi connectivity index (χ0) is 44.3. The predicted molar refractivity (Wildman–Crippen MR) is 279 cm³/mol. The lowest BCUT2D eigenvalue weighted by Gasteiger charge is -2.35. The van der Waals surface area contributed by atoms with E-state index >= 15 is 0 Å². The van der Waals surface area contributed by atoms with Gasteiger partial charge in [-0.2, -0.15) is 0 Å². The van der Waals surface area contributed by atoms with Crippen molar-refractivity contribution < 1.29 is 4.42 Å². The van der Waals surface area contributed by atoms with Gasteiger partial charge in [-0.25, -0.2) is 0 Å². The van der Waals surface area contributed by atoms with E-state index in [2.05, 4.69) is 235 Å². The second kappa shape index (κ2) is 16.0. The number of rotatable bonds is 8. The largest absolute Gasteiger partial charge is 0.455 e. The maximum absolute atomic E-state index is 6.53. The van der Waals surface area contributed by atoms with Gasteiger partial charge in [-0.15, -0.1) is 0 Å². The topological polar surface area (TPSA) is 16.4 Å². The van der Waals surface area contributed by atoms with Crippen LogP contribution in [0.1, 0.15) is 46.2 Å². The van der Waals surface area contributed by atoms with E-state index in [0.29, 0.717) is 0 Å². The SMILES string of the molecule is c1ccc(N(c2ccc(-c3cccc4c3oc3ccccc34)cc2)c2cc3c(cc2-c2ccc(-c4ccc5c(c4)CCCC5)cc2)-c2ccccc2C3(c2ccccc2)c2ccccc2)cc1. The van der Waals surface area contributed by atoms with Crippen LogP contribution in [0.3, 0.4) is 0 Å². The molecule has 67 heavy (non-hydrogen) atoms. The van der Waals surface area contributed by atoms with Crippen LogP contribution in [-0.4, -0.2) is 0 Å². The molecule has 2 heteroatoms. The van der Waals surface area contributed by atoms with Gasteiger partial charge in [0, 0.05) is 33.3 Å². The summed E-state index contributed by atoms with van der Waals surface area (Å²) in [6.45, 7) is 0. The van der Waals surface area contributed by atoms with E-state index in [1.807, 2.05) is 6.07 Å². The second-order valence-corrected chi connectivity index (χ2v) is 18.2. The molecule has 0 bridgehead atoms. The maximum Gasteiger partial charge on any atom is 0.143 e. The van der Waals surface area contributed by atoms with Crippen molar-refractivity contribution in [1.29, 1.82) is 0 Å². The summed E-state index contributed by atoms with van der Waals surface area (Å²) in [5.74, 6) is 0. The lowest BCUT2D eigenvalue weighted by atomic mass is 9.67. The standard InChI is InChI=1S/C65H47NO/c1-4-19-50(20-5-1)65(51-21-6-2-7-22-51)60-29-14-12-25-55(60)59-42-58(47-34-31-45(32-35-47)49-36-33-44-17-10-11-18-48(44)41-49)62(43-61(59)65)66(52-23-8-3-9-24-52)53-39-37-46(38-40-53)54-27-16-28-57-56-26-13-15-30-63(56)67-64(54)57/h1-9,12-16,19-43H,10-11,17-18H2. The van der Waals surface area contributed by atoms with Crippen LogP contribution in [0, 0.1) is 0 Å². The molecule has 0 atom stereocenters. The Morgan fingerprint density at radius 2 is 0.925 bits per heavy atom. The first kappa shape index (κ1) is 39.2. The predicted octanol–water partition coefficient (Wildman–Crippen LogP) is 17.3. The smallest absolute Gasteiger partial charge is 0.143 e.